The van der Waals surface area contributed by atoms with E-state index in [0.717, 1.165) is 11.1 Å². The second kappa shape index (κ2) is 11.2. The fourth-order valence-corrected chi connectivity index (χ4v) is 3.46. The van der Waals surface area contributed by atoms with E-state index in [2.05, 4.69) is 31.3 Å². The molecule has 0 radical (unpaired) electrons. The third-order valence-corrected chi connectivity index (χ3v) is 5.40. The van der Waals surface area contributed by atoms with E-state index in [-0.39, 0.29) is 25.4 Å². The Bertz CT molecular complexity index is 921. The van der Waals surface area contributed by atoms with Gasteiger partial charge in [0, 0.05) is 18.6 Å². The van der Waals surface area contributed by atoms with Crippen molar-refractivity contribution in [3.63, 3.8) is 0 Å². The number of carbonyl (C=O) groups is 2. The van der Waals surface area contributed by atoms with E-state index < -0.39 is 11.6 Å². The highest BCUT2D eigenvalue weighted by Gasteiger charge is 2.25. The first kappa shape index (κ1) is 25.5. The summed E-state index contributed by atoms with van der Waals surface area (Å²) in [5.74, 6) is 0.851. The lowest BCUT2D eigenvalue weighted by molar-refractivity contribution is -0.120. The predicted molar refractivity (Wildman–Crippen MR) is 128 cm³/mol. The van der Waals surface area contributed by atoms with E-state index in [1.807, 2.05) is 32.9 Å². The number of rotatable bonds is 9. The first-order chi connectivity index (χ1) is 15.0. The van der Waals surface area contributed by atoms with Gasteiger partial charge in [-0.1, -0.05) is 55.8 Å². The molecule has 2 N–H and O–H groups in total. The molecule has 0 atom stereocenters. The molecule has 0 aliphatic rings. The molecular formula is C25H33ClN2O4. The fourth-order valence-electron chi connectivity index (χ4n) is 3.20. The highest BCUT2D eigenvalue weighted by Crippen LogP contribution is 2.27. The molecular weight excluding hydrogens is 428 g/mol. The summed E-state index contributed by atoms with van der Waals surface area (Å²) in [4.78, 5) is 24.9. The van der Waals surface area contributed by atoms with Crippen molar-refractivity contribution < 1.29 is 19.4 Å². The lowest BCUT2D eigenvalue weighted by atomic mass is 10.0. The van der Waals surface area contributed by atoms with Crippen LogP contribution in [0.3, 0.4) is 0 Å². The molecule has 2 aromatic carbocycles. The highest BCUT2D eigenvalue weighted by molar-refractivity contribution is 6.32. The second-order valence-corrected chi connectivity index (χ2v) is 9.49. The van der Waals surface area contributed by atoms with Crippen LogP contribution in [-0.2, 0) is 17.8 Å². The maximum Gasteiger partial charge on any atom is 0.407 e. The topological polar surface area (TPSA) is 78.9 Å². The maximum absolute atomic E-state index is 12.2. The molecule has 32 heavy (non-hydrogen) atoms. The molecule has 0 aromatic heterocycles. The molecule has 0 aliphatic heterocycles. The van der Waals surface area contributed by atoms with Gasteiger partial charge in [0.1, 0.15) is 12.4 Å². The van der Waals surface area contributed by atoms with Crippen LogP contribution in [0.1, 0.15) is 57.2 Å². The molecule has 0 spiro atoms. The largest absolute Gasteiger partial charge is 0.487 e. The number of halogens is 1. The molecule has 0 heterocycles. The van der Waals surface area contributed by atoms with Gasteiger partial charge in [-0.15, -0.1) is 0 Å². The zero-order valence-corrected chi connectivity index (χ0v) is 20.2. The summed E-state index contributed by atoms with van der Waals surface area (Å²) in [6.45, 7) is 10.6. The Morgan fingerprint density at radius 2 is 1.72 bits per heavy atom. The van der Waals surface area contributed by atoms with Gasteiger partial charge in [0.25, 0.3) is 0 Å². The van der Waals surface area contributed by atoms with Gasteiger partial charge in [0.15, 0.2) is 0 Å². The minimum Gasteiger partial charge on any atom is -0.487 e. The Morgan fingerprint density at radius 3 is 2.25 bits per heavy atom. The smallest absolute Gasteiger partial charge is 0.407 e. The maximum atomic E-state index is 12.2. The minimum absolute atomic E-state index is 0.152. The van der Waals surface area contributed by atoms with Crippen molar-refractivity contribution in [2.75, 3.05) is 13.1 Å². The van der Waals surface area contributed by atoms with E-state index in [1.54, 1.807) is 18.2 Å². The first-order valence-electron chi connectivity index (χ1n) is 10.7. The van der Waals surface area contributed by atoms with Crippen LogP contribution in [0.15, 0.2) is 42.5 Å². The molecule has 174 valence electrons. The predicted octanol–water partition coefficient (Wildman–Crippen LogP) is 5.48. The average Bonchev–Trinajstić information content (AvgIpc) is 2.69. The van der Waals surface area contributed by atoms with Crippen LogP contribution in [0, 0.1) is 0 Å². The van der Waals surface area contributed by atoms with Crippen LogP contribution in [0.2, 0.25) is 5.02 Å². The van der Waals surface area contributed by atoms with Gasteiger partial charge < -0.3 is 20.1 Å². The Labute approximate surface area is 195 Å². The van der Waals surface area contributed by atoms with Gasteiger partial charge in [0.2, 0.25) is 5.91 Å². The van der Waals surface area contributed by atoms with Crippen molar-refractivity contribution in [1.29, 1.82) is 0 Å². The molecule has 2 amide bonds. The van der Waals surface area contributed by atoms with Crippen molar-refractivity contribution in [2.24, 2.45) is 0 Å². The Hall–Kier alpha value is -2.73. The quantitative estimate of drug-likeness (QED) is 0.519. The van der Waals surface area contributed by atoms with E-state index in [9.17, 15) is 14.7 Å². The Morgan fingerprint density at radius 1 is 1.09 bits per heavy atom. The summed E-state index contributed by atoms with van der Waals surface area (Å²) >= 11 is 6.35. The third-order valence-electron chi connectivity index (χ3n) is 5.10. The number of ether oxygens (including phenoxy) is 1. The number of hydrogen-bond acceptors (Lipinski definition) is 3. The van der Waals surface area contributed by atoms with Crippen LogP contribution in [0.5, 0.6) is 5.75 Å². The zero-order chi connectivity index (χ0) is 23.9. The Kier molecular flexibility index (Phi) is 8.96. The number of nitrogens with zero attached hydrogens (tertiary/aromatic N) is 1. The zero-order valence-electron chi connectivity index (χ0n) is 19.4. The van der Waals surface area contributed by atoms with Crippen LogP contribution >= 0.6 is 11.6 Å². The van der Waals surface area contributed by atoms with Crippen molar-refractivity contribution in [3.8, 4) is 5.75 Å². The van der Waals surface area contributed by atoms with Crippen LogP contribution in [-0.4, -0.2) is 40.6 Å². The molecule has 6 nitrogen and oxygen atoms in total. The molecule has 0 fully saturated rings. The first-order valence-corrected chi connectivity index (χ1v) is 11.1. The minimum atomic E-state index is -1.01. The molecule has 0 bridgehead atoms. The van der Waals surface area contributed by atoms with Crippen molar-refractivity contribution in [2.45, 2.75) is 59.1 Å². The Balaban J connectivity index is 1.85. The average molecular weight is 461 g/mol. The number of benzene rings is 2. The standard InChI is InChI=1S/C25H33ClN2O4/c1-17(2)20-9-6-18(7-10-20)16-32-22-11-8-19(14-21(22)26)15-23(29)27-12-13-28(24(30)31)25(3,4)5/h6-11,14,17H,12-13,15-16H2,1-5H3,(H,27,29)(H,30,31). The number of carboxylic acid groups (broad SMARTS) is 1. The normalized spacial score (nSPS) is 11.3. The molecule has 0 saturated heterocycles. The molecule has 0 unspecified atom stereocenters. The highest BCUT2D eigenvalue weighted by atomic mass is 35.5. The van der Waals surface area contributed by atoms with Crippen molar-refractivity contribution in [3.05, 3.63) is 64.2 Å². The fraction of sp³-hybridized carbons (Fsp3) is 0.440. The lowest BCUT2D eigenvalue weighted by Crippen LogP contribution is -2.48. The number of nitrogens with one attached hydrogen (secondary N) is 1. The lowest BCUT2D eigenvalue weighted by Gasteiger charge is -2.33. The third kappa shape index (κ3) is 7.75. The summed E-state index contributed by atoms with van der Waals surface area (Å²) in [7, 11) is 0. The number of amides is 2. The van der Waals surface area contributed by atoms with E-state index in [4.69, 9.17) is 16.3 Å². The molecule has 0 aliphatic carbocycles. The van der Waals surface area contributed by atoms with Crippen LogP contribution in [0.25, 0.3) is 0 Å². The van der Waals surface area contributed by atoms with Gasteiger partial charge >= 0.3 is 6.09 Å². The van der Waals surface area contributed by atoms with E-state index in [0.29, 0.717) is 23.3 Å². The molecule has 2 aromatic rings. The summed E-state index contributed by atoms with van der Waals surface area (Å²) in [6, 6.07) is 13.6. The van der Waals surface area contributed by atoms with Gasteiger partial charge in [-0.2, -0.15) is 0 Å². The van der Waals surface area contributed by atoms with Crippen LogP contribution < -0.4 is 10.1 Å². The number of hydrogen-bond donors (Lipinski definition) is 2. The molecule has 7 heteroatoms. The van der Waals surface area contributed by atoms with Gasteiger partial charge in [-0.3, -0.25) is 4.79 Å². The molecule has 0 saturated carbocycles. The summed E-state index contributed by atoms with van der Waals surface area (Å²) in [5, 5.41) is 12.5. The SMILES string of the molecule is CC(C)c1ccc(COc2ccc(CC(=O)NCCN(C(=O)O)C(C)(C)C)cc2Cl)cc1. The van der Waals surface area contributed by atoms with E-state index in [1.165, 1.54) is 10.5 Å². The van der Waals surface area contributed by atoms with Crippen molar-refractivity contribution in [1.82, 2.24) is 10.2 Å². The van der Waals surface area contributed by atoms with Gasteiger partial charge in [-0.05, 0) is 55.5 Å². The van der Waals surface area contributed by atoms with E-state index >= 15 is 0 Å². The van der Waals surface area contributed by atoms with Gasteiger partial charge in [-0.25, -0.2) is 4.79 Å². The summed E-state index contributed by atoms with van der Waals surface area (Å²) in [5.41, 5.74) is 2.56. The summed E-state index contributed by atoms with van der Waals surface area (Å²) < 4.78 is 5.84. The molecule has 2 rings (SSSR count). The summed E-state index contributed by atoms with van der Waals surface area (Å²) in [6.07, 6.45) is -0.857. The van der Waals surface area contributed by atoms with Crippen LogP contribution in [0.4, 0.5) is 4.79 Å². The van der Waals surface area contributed by atoms with Gasteiger partial charge in [0.05, 0.1) is 11.4 Å². The monoisotopic (exact) mass is 460 g/mol. The second-order valence-electron chi connectivity index (χ2n) is 9.08. The number of carbonyl (C=O) groups excluding carboxylic acids is 1. The van der Waals surface area contributed by atoms with Crippen molar-refractivity contribution >= 4 is 23.6 Å².